The molecule has 1 aliphatic rings. The van der Waals surface area contributed by atoms with Crippen LogP contribution >= 0.6 is 0 Å². The lowest BCUT2D eigenvalue weighted by atomic mass is 10.1. The predicted octanol–water partition coefficient (Wildman–Crippen LogP) is 1.53. The third kappa shape index (κ3) is 1.98. The van der Waals surface area contributed by atoms with Gasteiger partial charge >= 0.3 is 5.97 Å². The highest BCUT2D eigenvalue weighted by molar-refractivity contribution is 5.97. The molecule has 0 radical (unpaired) electrons. The molecule has 0 spiro atoms. The first-order valence-electron chi connectivity index (χ1n) is 4.80. The average Bonchev–Trinajstić information content (AvgIpc) is 2.75. The first-order chi connectivity index (χ1) is 7.70. The third-order valence-corrected chi connectivity index (χ3v) is 2.09. The fourth-order valence-corrected chi connectivity index (χ4v) is 1.34. The number of methoxy groups -OCH3 is 1. The van der Waals surface area contributed by atoms with Gasteiger partial charge in [-0.15, -0.1) is 0 Å². The topological polar surface area (TPSA) is 57.1 Å². The average molecular weight is 221 g/mol. The lowest BCUT2D eigenvalue weighted by Gasteiger charge is -2.04. The highest BCUT2D eigenvalue weighted by atomic mass is 16.8. The number of carbonyl (C=O) groups excluding carboxylic acids is 1. The van der Waals surface area contributed by atoms with E-state index in [0.29, 0.717) is 17.0 Å². The molecule has 1 atom stereocenters. The molecule has 5 nitrogen and oxygen atoms in total. The molecular weight excluding hydrogens is 210 g/mol. The van der Waals surface area contributed by atoms with Gasteiger partial charge in [0, 0.05) is 12.5 Å². The van der Waals surface area contributed by atoms with Gasteiger partial charge in [-0.3, -0.25) is 0 Å². The summed E-state index contributed by atoms with van der Waals surface area (Å²) in [5.41, 5.74) is 1.14. The van der Waals surface area contributed by atoms with Crippen molar-refractivity contribution in [3.8, 4) is 0 Å². The molecule has 16 heavy (non-hydrogen) atoms. The van der Waals surface area contributed by atoms with E-state index in [1.807, 2.05) is 0 Å². The quantitative estimate of drug-likeness (QED) is 0.710. The van der Waals surface area contributed by atoms with Crippen LogP contribution in [0.4, 0.5) is 0 Å². The van der Waals surface area contributed by atoms with E-state index >= 15 is 0 Å². The smallest absolute Gasteiger partial charge is 0.337 e. The Balaban J connectivity index is 2.26. The van der Waals surface area contributed by atoms with Crippen molar-refractivity contribution in [2.24, 2.45) is 5.16 Å². The van der Waals surface area contributed by atoms with E-state index in [0.717, 1.165) is 0 Å². The lowest BCUT2D eigenvalue weighted by molar-refractivity contribution is -0.0317. The molecule has 5 heteroatoms. The van der Waals surface area contributed by atoms with Crippen molar-refractivity contribution in [1.82, 2.24) is 0 Å². The summed E-state index contributed by atoms with van der Waals surface area (Å²) in [6.07, 6.45) is -0.392. The van der Waals surface area contributed by atoms with Crippen molar-refractivity contribution in [1.29, 1.82) is 0 Å². The zero-order valence-corrected chi connectivity index (χ0v) is 8.97. The fraction of sp³-hybridized carbons (Fsp3) is 0.273. The van der Waals surface area contributed by atoms with E-state index in [1.165, 1.54) is 7.11 Å². The van der Waals surface area contributed by atoms with E-state index in [4.69, 9.17) is 9.57 Å². The standard InChI is InChI=1S/C11H11NO4/c1-7-15-10(12-16-7)8-4-3-5-9(6-8)11(13)14-2/h3-7H,1-2H3. The molecule has 0 saturated heterocycles. The largest absolute Gasteiger partial charge is 0.465 e. The summed E-state index contributed by atoms with van der Waals surface area (Å²) in [5.74, 6) is -0.0207. The second kappa shape index (κ2) is 4.22. The van der Waals surface area contributed by atoms with Gasteiger partial charge in [-0.25, -0.2) is 4.79 Å². The molecule has 1 heterocycles. The van der Waals surface area contributed by atoms with Crippen molar-refractivity contribution >= 4 is 11.9 Å². The van der Waals surface area contributed by atoms with Crippen LogP contribution in [0.5, 0.6) is 0 Å². The SMILES string of the molecule is COC(=O)c1cccc(C2=NOC(C)O2)c1. The van der Waals surface area contributed by atoms with Gasteiger partial charge < -0.3 is 14.3 Å². The van der Waals surface area contributed by atoms with Gasteiger partial charge in [-0.1, -0.05) is 6.07 Å². The molecule has 1 aromatic rings. The Kier molecular flexibility index (Phi) is 2.76. The second-order valence-electron chi connectivity index (χ2n) is 3.26. The number of oxime groups is 1. The Labute approximate surface area is 92.6 Å². The Morgan fingerprint density at radius 2 is 2.31 bits per heavy atom. The van der Waals surface area contributed by atoms with Crippen molar-refractivity contribution in [3.63, 3.8) is 0 Å². The van der Waals surface area contributed by atoms with Gasteiger partial charge in [0.25, 0.3) is 12.2 Å². The Hall–Kier alpha value is -2.04. The molecule has 2 rings (SSSR count). The van der Waals surface area contributed by atoms with Crippen molar-refractivity contribution < 1.29 is 19.1 Å². The van der Waals surface area contributed by atoms with Gasteiger partial charge in [0.15, 0.2) is 0 Å². The van der Waals surface area contributed by atoms with Crippen LogP contribution in [0.1, 0.15) is 22.8 Å². The monoisotopic (exact) mass is 221 g/mol. The minimum Gasteiger partial charge on any atom is -0.465 e. The summed E-state index contributed by atoms with van der Waals surface area (Å²) in [6, 6.07) is 6.82. The number of esters is 1. The van der Waals surface area contributed by atoms with Crippen LogP contribution in [0, 0.1) is 0 Å². The fourth-order valence-electron chi connectivity index (χ4n) is 1.34. The second-order valence-corrected chi connectivity index (χ2v) is 3.26. The number of carbonyl (C=O) groups is 1. The van der Waals surface area contributed by atoms with Gasteiger partial charge in [0.05, 0.1) is 12.7 Å². The minimum atomic E-state index is -0.394. The van der Waals surface area contributed by atoms with Crippen LogP contribution in [0.25, 0.3) is 0 Å². The van der Waals surface area contributed by atoms with E-state index in [2.05, 4.69) is 9.89 Å². The van der Waals surface area contributed by atoms with Crippen molar-refractivity contribution in [2.75, 3.05) is 7.11 Å². The zero-order valence-electron chi connectivity index (χ0n) is 8.97. The van der Waals surface area contributed by atoms with Gasteiger partial charge in [0.1, 0.15) is 0 Å². The summed E-state index contributed by atoms with van der Waals surface area (Å²) >= 11 is 0. The summed E-state index contributed by atoms with van der Waals surface area (Å²) < 4.78 is 9.92. The van der Waals surface area contributed by atoms with Crippen molar-refractivity contribution in [2.45, 2.75) is 13.2 Å². The van der Waals surface area contributed by atoms with Crippen LogP contribution < -0.4 is 0 Å². The molecule has 0 aliphatic carbocycles. The summed E-state index contributed by atoms with van der Waals surface area (Å²) in [4.78, 5) is 16.2. The van der Waals surface area contributed by atoms with Crippen LogP contribution in [0.15, 0.2) is 29.4 Å². The van der Waals surface area contributed by atoms with E-state index in [-0.39, 0.29) is 0 Å². The van der Waals surface area contributed by atoms with Crippen LogP contribution in [0.2, 0.25) is 0 Å². The summed E-state index contributed by atoms with van der Waals surface area (Å²) in [6.45, 7) is 1.74. The molecule has 0 amide bonds. The molecule has 84 valence electrons. The van der Waals surface area contributed by atoms with Gasteiger partial charge in [0.2, 0.25) is 0 Å². The Morgan fingerprint density at radius 1 is 1.50 bits per heavy atom. The summed E-state index contributed by atoms with van der Waals surface area (Å²) in [7, 11) is 1.34. The molecule has 1 aromatic carbocycles. The Bertz CT molecular complexity index is 441. The van der Waals surface area contributed by atoms with E-state index < -0.39 is 12.3 Å². The zero-order chi connectivity index (χ0) is 11.5. The third-order valence-electron chi connectivity index (χ3n) is 2.09. The number of benzene rings is 1. The van der Waals surface area contributed by atoms with Gasteiger partial charge in [-0.05, 0) is 23.4 Å². The number of rotatable bonds is 2. The molecular formula is C11H11NO4. The first kappa shape index (κ1) is 10.5. The molecule has 0 bridgehead atoms. The van der Waals surface area contributed by atoms with Crippen molar-refractivity contribution in [3.05, 3.63) is 35.4 Å². The number of hydrogen-bond acceptors (Lipinski definition) is 5. The maximum Gasteiger partial charge on any atom is 0.337 e. The molecule has 1 aliphatic heterocycles. The first-order valence-corrected chi connectivity index (χ1v) is 4.80. The highest BCUT2D eigenvalue weighted by Gasteiger charge is 2.19. The molecule has 0 aromatic heterocycles. The highest BCUT2D eigenvalue weighted by Crippen LogP contribution is 2.14. The Morgan fingerprint density at radius 3 is 2.94 bits per heavy atom. The number of ether oxygens (including phenoxy) is 2. The number of nitrogens with zero attached hydrogens (tertiary/aromatic N) is 1. The predicted molar refractivity (Wildman–Crippen MR) is 56.0 cm³/mol. The van der Waals surface area contributed by atoms with E-state index in [9.17, 15) is 4.79 Å². The normalized spacial score (nSPS) is 18.4. The maximum absolute atomic E-state index is 11.3. The van der Waals surface area contributed by atoms with Crippen LogP contribution in [-0.4, -0.2) is 25.3 Å². The minimum absolute atomic E-state index is 0.373. The van der Waals surface area contributed by atoms with Crippen LogP contribution in [-0.2, 0) is 14.3 Å². The molecule has 0 fully saturated rings. The van der Waals surface area contributed by atoms with Crippen LogP contribution in [0.3, 0.4) is 0 Å². The molecule has 0 N–H and O–H groups in total. The molecule has 1 unspecified atom stereocenters. The van der Waals surface area contributed by atoms with E-state index in [1.54, 1.807) is 31.2 Å². The summed E-state index contributed by atoms with van der Waals surface area (Å²) in [5, 5.41) is 3.76. The number of hydrogen-bond donors (Lipinski definition) is 0. The molecule has 0 saturated carbocycles. The van der Waals surface area contributed by atoms with Gasteiger partial charge in [-0.2, -0.15) is 0 Å². The maximum atomic E-state index is 11.3. The lowest BCUT2D eigenvalue weighted by Crippen LogP contribution is -2.09.